The van der Waals surface area contributed by atoms with E-state index in [1.54, 1.807) is 12.1 Å². The number of rotatable bonds is 3. The van der Waals surface area contributed by atoms with Gasteiger partial charge in [0.1, 0.15) is 17.4 Å². The van der Waals surface area contributed by atoms with E-state index >= 15 is 0 Å². The first-order valence-electron chi connectivity index (χ1n) is 4.64. The van der Waals surface area contributed by atoms with Crippen LogP contribution in [-0.2, 0) is 6.42 Å². The van der Waals surface area contributed by atoms with Crippen LogP contribution in [0.25, 0.3) is 0 Å². The Morgan fingerprint density at radius 2 is 2.31 bits per heavy atom. The van der Waals surface area contributed by atoms with Gasteiger partial charge in [0, 0.05) is 18.0 Å². The summed E-state index contributed by atoms with van der Waals surface area (Å²) in [6.45, 7) is 1.97. The number of benzene rings is 1. The van der Waals surface area contributed by atoms with Crippen molar-refractivity contribution in [3.8, 4) is 10.9 Å². The second kappa shape index (κ2) is 4.88. The minimum absolute atomic E-state index is 0.320. The zero-order chi connectivity index (χ0) is 11.5. The fraction of sp³-hybridized carbons (Fsp3) is 0.200. The van der Waals surface area contributed by atoms with Crippen molar-refractivity contribution >= 4 is 27.5 Å². The van der Waals surface area contributed by atoms with E-state index in [0.29, 0.717) is 15.4 Å². The molecule has 0 amide bonds. The molecule has 0 atom stereocenters. The first kappa shape index (κ1) is 11.5. The number of aryl methyl sites for hydroxylation is 1. The Bertz CT molecular complexity index is 503. The Hall–Kier alpha value is -1.01. The molecule has 0 radical (unpaired) electrons. The van der Waals surface area contributed by atoms with E-state index in [2.05, 4.69) is 25.3 Å². The SMILES string of the molecule is CCc1nsc(Oc2ccc(F)c(Br)c2)n1. The summed E-state index contributed by atoms with van der Waals surface area (Å²) >= 11 is 4.28. The average molecular weight is 303 g/mol. The zero-order valence-electron chi connectivity index (χ0n) is 8.41. The van der Waals surface area contributed by atoms with Gasteiger partial charge < -0.3 is 4.74 Å². The molecule has 0 bridgehead atoms. The van der Waals surface area contributed by atoms with Crippen LogP contribution in [0.2, 0.25) is 0 Å². The summed E-state index contributed by atoms with van der Waals surface area (Å²) in [5, 5.41) is 0.468. The molecule has 0 saturated carbocycles. The van der Waals surface area contributed by atoms with E-state index in [0.717, 1.165) is 12.2 Å². The molecule has 0 fully saturated rings. The largest absolute Gasteiger partial charge is 0.430 e. The summed E-state index contributed by atoms with van der Waals surface area (Å²) in [4.78, 5) is 4.15. The third-order valence-corrected chi connectivity index (χ3v) is 3.10. The molecular formula is C10H8BrFN2OS. The quantitative estimate of drug-likeness (QED) is 0.865. The molecule has 0 aliphatic carbocycles. The lowest BCUT2D eigenvalue weighted by molar-refractivity contribution is 0.474. The number of ether oxygens (including phenoxy) is 1. The van der Waals surface area contributed by atoms with Crippen LogP contribution in [0.5, 0.6) is 10.9 Å². The van der Waals surface area contributed by atoms with Gasteiger partial charge in [0.2, 0.25) is 0 Å². The van der Waals surface area contributed by atoms with Crippen molar-refractivity contribution in [3.63, 3.8) is 0 Å². The van der Waals surface area contributed by atoms with E-state index in [1.807, 2.05) is 6.92 Å². The van der Waals surface area contributed by atoms with E-state index in [-0.39, 0.29) is 5.82 Å². The first-order valence-corrected chi connectivity index (χ1v) is 6.21. The van der Waals surface area contributed by atoms with E-state index in [9.17, 15) is 4.39 Å². The minimum atomic E-state index is -0.320. The van der Waals surface area contributed by atoms with Gasteiger partial charge in [-0.2, -0.15) is 9.36 Å². The number of nitrogens with zero attached hydrogens (tertiary/aromatic N) is 2. The Balaban J connectivity index is 2.17. The normalized spacial score (nSPS) is 10.4. The first-order chi connectivity index (χ1) is 7.69. The fourth-order valence-electron chi connectivity index (χ4n) is 1.06. The summed E-state index contributed by atoms with van der Waals surface area (Å²) < 4.78 is 22.9. The highest BCUT2D eigenvalue weighted by molar-refractivity contribution is 9.10. The molecule has 0 aliphatic heterocycles. The van der Waals surface area contributed by atoms with Gasteiger partial charge in [-0.15, -0.1) is 0 Å². The minimum Gasteiger partial charge on any atom is -0.430 e. The van der Waals surface area contributed by atoms with Crippen molar-refractivity contribution in [3.05, 3.63) is 34.3 Å². The summed E-state index contributed by atoms with van der Waals surface area (Å²) in [6.07, 6.45) is 0.771. The van der Waals surface area contributed by atoms with Crippen molar-refractivity contribution in [2.75, 3.05) is 0 Å². The smallest absolute Gasteiger partial charge is 0.298 e. The molecule has 0 unspecified atom stereocenters. The van der Waals surface area contributed by atoms with Gasteiger partial charge >= 0.3 is 0 Å². The maximum Gasteiger partial charge on any atom is 0.298 e. The number of hydrogen-bond donors (Lipinski definition) is 0. The molecule has 2 rings (SSSR count). The molecule has 2 aromatic rings. The summed E-state index contributed by atoms with van der Waals surface area (Å²) in [7, 11) is 0. The molecule has 1 aromatic heterocycles. The van der Waals surface area contributed by atoms with Gasteiger partial charge in [-0.3, -0.25) is 0 Å². The average Bonchev–Trinajstić information content (AvgIpc) is 2.71. The predicted octanol–water partition coefficient (Wildman–Crippen LogP) is 3.79. The molecule has 84 valence electrons. The summed E-state index contributed by atoms with van der Waals surface area (Å²) in [5.74, 6) is 0.965. The number of aromatic nitrogens is 2. The Morgan fingerprint density at radius 3 is 2.94 bits per heavy atom. The van der Waals surface area contributed by atoms with Gasteiger partial charge in [0.05, 0.1) is 4.47 Å². The maximum atomic E-state index is 13.0. The van der Waals surface area contributed by atoms with Crippen molar-refractivity contribution in [1.29, 1.82) is 0 Å². The second-order valence-corrected chi connectivity index (χ2v) is 4.58. The standard InChI is InChI=1S/C10H8BrFN2OS/c1-2-9-13-10(16-14-9)15-6-3-4-8(12)7(11)5-6/h3-5H,2H2,1H3. The van der Waals surface area contributed by atoms with Gasteiger partial charge in [-0.1, -0.05) is 6.92 Å². The molecule has 6 heteroatoms. The maximum absolute atomic E-state index is 13.0. The highest BCUT2D eigenvalue weighted by Gasteiger charge is 2.06. The highest BCUT2D eigenvalue weighted by Crippen LogP contribution is 2.27. The molecule has 0 N–H and O–H groups in total. The van der Waals surface area contributed by atoms with Crippen molar-refractivity contribution in [2.45, 2.75) is 13.3 Å². The van der Waals surface area contributed by atoms with Crippen LogP contribution in [0.4, 0.5) is 4.39 Å². The molecule has 1 aromatic carbocycles. The van der Waals surface area contributed by atoms with Crippen molar-refractivity contribution in [2.24, 2.45) is 0 Å². The summed E-state index contributed by atoms with van der Waals surface area (Å²) in [5.41, 5.74) is 0. The van der Waals surface area contributed by atoms with Gasteiger partial charge in [-0.05, 0) is 34.1 Å². The molecule has 3 nitrogen and oxygen atoms in total. The monoisotopic (exact) mass is 302 g/mol. The molecular weight excluding hydrogens is 295 g/mol. The van der Waals surface area contributed by atoms with Crippen LogP contribution < -0.4 is 4.74 Å². The third-order valence-electron chi connectivity index (χ3n) is 1.86. The lowest BCUT2D eigenvalue weighted by atomic mass is 10.3. The fourth-order valence-corrected chi connectivity index (χ4v) is 2.06. The number of halogens is 2. The molecule has 16 heavy (non-hydrogen) atoms. The Morgan fingerprint density at radius 1 is 1.50 bits per heavy atom. The third kappa shape index (κ3) is 2.56. The molecule has 0 saturated heterocycles. The van der Waals surface area contributed by atoms with Crippen molar-refractivity contribution in [1.82, 2.24) is 9.36 Å². The van der Waals surface area contributed by atoms with E-state index < -0.39 is 0 Å². The van der Waals surface area contributed by atoms with Gasteiger partial charge in [0.25, 0.3) is 5.19 Å². The van der Waals surface area contributed by atoms with Crippen LogP contribution in [0, 0.1) is 5.82 Å². The number of hydrogen-bond acceptors (Lipinski definition) is 4. The Labute approximate surface area is 105 Å². The van der Waals surface area contributed by atoms with Crippen LogP contribution in [0.3, 0.4) is 0 Å². The lowest BCUT2D eigenvalue weighted by Gasteiger charge is -2.01. The van der Waals surface area contributed by atoms with Crippen molar-refractivity contribution < 1.29 is 9.13 Å². The van der Waals surface area contributed by atoms with Gasteiger partial charge in [0.15, 0.2) is 0 Å². The topological polar surface area (TPSA) is 35.0 Å². The van der Waals surface area contributed by atoms with E-state index in [1.165, 1.54) is 17.6 Å². The zero-order valence-corrected chi connectivity index (χ0v) is 10.8. The van der Waals surface area contributed by atoms with Crippen LogP contribution in [0.1, 0.15) is 12.7 Å². The highest BCUT2D eigenvalue weighted by atomic mass is 79.9. The summed E-state index contributed by atoms with van der Waals surface area (Å²) in [6, 6.07) is 4.44. The second-order valence-electron chi connectivity index (χ2n) is 3.01. The van der Waals surface area contributed by atoms with Gasteiger partial charge in [-0.25, -0.2) is 4.39 Å². The Kier molecular flexibility index (Phi) is 3.50. The van der Waals surface area contributed by atoms with Crippen LogP contribution in [0.15, 0.2) is 22.7 Å². The lowest BCUT2D eigenvalue weighted by Crippen LogP contribution is -1.86. The molecule has 0 aliphatic rings. The molecule has 1 heterocycles. The van der Waals surface area contributed by atoms with E-state index in [4.69, 9.17) is 4.74 Å². The predicted molar refractivity (Wildman–Crippen MR) is 63.5 cm³/mol. The van der Waals surface area contributed by atoms with Crippen LogP contribution in [-0.4, -0.2) is 9.36 Å². The molecule has 0 spiro atoms. The van der Waals surface area contributed by atoms with Crippen LogP contribution >= 0.6 is 27.5 Å².